The summed E-state index contributed by atoms with van der Waals surface area (Å²) in [4.78, 5) is 24.8. The molecule has 122 valence electrons. The van der Waals surface area contributed by atoms with Gasteiger partial charge in [0.2, 0.25) is 5.91 Å². The highest BCUT2D eigenvalue weighted by Gasteiger charge is 2.18. The lowest BCUT2D eigenvalue weighted by molar-refractivity contribution is -0.129. The Morgan fingerprint density at radius 1 is 1.30 bits per heavy atom. The molecule has 1 aromatic carbocycles. The van der Waals surface area contributed by atoms with Crippen LogP contribution in [0.2, 0.25) is 0 Å². The van der Waals surface area contributed by atoms with E-state index in [0.717, 1.165) is 5.56 Å². The smallest absolute Gasteiger partial charge is 0.339 e. The van der Waals surface area contributed by atoms with E-state index in [1.165, 1.54) is 11.0 Å². The van der Waals surface area contributed by atoms with Crippen LogP contribution in [0.5, 0.6) is 5.75 Å². The average molecular weight is 317 g/mol. The summed E-state index contributed by atoms with van der Waals surface area (Å²) in [6.07, 6.45) is 0.200. The minimum Gasteiger partial charge on any atom is -0.496 e. The van der Waals surface area contributed by atoms with E-state index in [1.807, 2.05) is 18.2 Å². The number of benzene rings is 1. The van der Waals surface area contributed by atoms with Gasteiger partial charge in [-0.1, -0.05) is 18.2 Å². The number of hydrogen-bond acceptors (Lipinski definition) is 4. The van der Waals surface area contributed by atoms with Crippen LogP contribution in [0.15, 0.2) is 34.7 Å². The molecule has 2 rings (SSSR count). The summed E-state index contributed by atoms with van der Waals surface area (Å²) in [5.74, 6) is 0.283. The standard InChI is InChI=1S/C17H19NO5/c1-11-14(17(20)21)9-13(23-11)10-18(2)16(19)8-12-6-4-5-7-15(12)22-3/h4-7,9H,8,10H2,1-3H3,(H,20,21). The molecule has 6 nitrogen and oxygen atoms in total. The van der Waals surface area contributed by atoms with Crippen molar-refractivity contribution < 1.29 is 23.8 Å². The monoisotopic (exact) mass is 317 g/mol. The van der Waals surface area contributed by atoms with Crippen molar-refractivity contribution >= 4 is 11.9 Å². The van der Waals surface area contributed by atoms with Crippen molar-refractivity contribution in [2.45, 2.75) is 19.9 Å². The Morgan fingerprint density at radius 3 is 2.61 bits per heavy atom. The largest absolute Gasteiger partial charge is 0.496 e. The van der Waals surface area contributed by atoms with E-state index in [4.69, 9.17) is 14.3 Å². The zero-order valence-corrected chi connectivity index (χ0v) is 13.3. The van der Waals surface area contributed by atoms with Crippen molar-refractivity contribution in [2.24, 2.45) is 0 Å². The maximum Gasteiger partial charge on any atom is 0.339 e. The summed E-state index contributed by atoms with van der Waals surface area (Å²) >= 11 is 0. The molecule has 1 amide bonds. The Labute approximate surface area is 134 Å². The Morgan fingerprint density at radius 2 is 2.00 bits per heavy atom. The molecule has 0 atom stereocenters. The van der Waals surface area contributed by atoms with Crippen LogP contribution in [0.4, 0.5) is 0 Å². The number of amides is 1. The van der Waals surface area contributed by atoms with Gasteiger partial charge in [-0.05, 0) is 19.1 Å². The first-order valence-electron chi connectivity index (χ1n) is 7.10. The van der Waals surface area contributed by atoms with Crippen molar-refractivity contribution in [3.63, 3.8) is 0 Å². The van der Waals surface area contributed by atoms with Crippen LogP contribution in [0.1, 0.15) is 27.4 Å². The van der Waals surface area contributed by atoms with Gasteiger partial charge in [-0.25, -0.2) is 4.79 Å². The van der Waals surface area contributed by atoms with E-state index in [1.54, 1.807) is 27.1 Å². The van der Waals surface area contributed by atoms with E-state index >= 15 is 0 Å². The summed E-state index contributed by atoms with van der Waals surface area (Å²) < 4.78 is 10.6. The minimum atomic E-state index is -1.04. The summed E-state index contributed by atoms with van der Waals surface area (Å²) in [6.45, 7) is 1.80. The van der Waals surface area contributed by atoms with Gasteiger partial charge >= 0.3 is 5.97 Å². The van der Waals surface area contributed by atoms with E-state index in [0.29, 0.717) is 17.3 Å². The fourth-order valence-corrected chi connectivity index (χ4v) is 2.30. The number of carboxylic acid groups (broad SMARTS) is 1. The fourth-order valence-electron chi connectivity index (χ4n) is 2.30. The molecule has 0 aliphatic rings. The third-order valence-electron chi connectivity index (χ3n) is 3.55. The van der Waals surface area contributed by atoms with Crippen LogP contribution in [0, 0.1) is 6.92 Å². The number of hydrogen-bond donors (Lipinski definition) is 1. The second-order valence-electron chi connectivity index (χ2n) is 5.23. The number of nitrogens with zero attached hydrogens (tertiary/aromatic N) is 1. The number of aryl methyl sites for hydroxylation is 1. The van der Waals surface area contributed by atoms with Gasteiger partial charge in [-0.2, -0.15) is 0 Å². The molecule has 2 aromatic rings. The Bertz CT molecular complexity index is 720. The molecule has 0 bridgehead atoms. The van der Waals surface area contributed by atoms with E-state index in [-0.39, 0.29) is 24.4 Å². The number of carbonyl (C=O) groups is 2. The highest BCUT2D eigenvalue weighted by atomic mass is 16.5. The molecule has 1 aromatic heterocycles. The van der Waals surface area contributed by atoms with Crippen LogP contribution in [-0.4, -0.2) is 36.0 Å². The van der Waals surface area contributed by atoms with E-state index < -0.39 is 5.97 Å². The number of aromatic carboxylic acids is 1. The van der Waals surface area contributed by atoms with Crippen molar-refractivity contribution in [3.05, 3.63) is 53.0 Å². The average Bonchev–Trinajstić information content (AvgIpc) is 2.88. The normalized spacial score (nSPS) is 10.4. The van der Waals surface area contributed by atoms with Crippen molar-refractivity contribution in [3.8, 4) is 5.75 Å². The lowest BCUT2D eigenvalue weighted by Gasteiger charge is -2.16. The Balaban J connectivity index is 2.05. The van der Waals surface area contributed by atoms with Crippen molar-refractivity contribution in [1.29, 1.82) is 0 Å². The summed E-state index contributed by atoms with van der Waals surface area (Å²) in [5.41, 5.74) is 0.916. The number of carboxylic acids is 1. The van der Waals surface area contributed by atoms with Gasteiger partial charge in [0.05, 0.1) is 20.1 Å². The number of carbonyl (C=O) groups excluding carboxylic acids is 1. The molecule has 1 heterocycles. The number of furan rings is 1. The lowest BCUT2D eigenvalue weighted by atomic mass is 10.1. The maximum absolute atomic E-state index is 12.3. The van der Waals surface area contributed by atoms with Gasteiger partial charge in [-0.15, -0.1) is 0 Å². The third kappa shape index (κ3) is 3.91. The molecule has 0 saturated carbocycles. The van der Waals surface area contributed by atoms with Gasteiger partial charge in [0.15, 0.2) is 0 Å². The van der Waals surface area contributed by atoms with E-state index in [2.05, 4.69) is 0 Å². The van der Waals surface area contributed by atoms with Gasteiger partial charge in [0.1, 0.15) is 22.8 Å². The van der Waals surface area contributed by atoms with Crippen LogP contribution < -0.4 is 4.74 Å². The number of ether oxygens (including phenoxy) is 1. The predicted molar refractivity (Wildman–Crippen MR) is 83.6 cm³/mol. The molecule has 0 spiro atoms. The molecular weight excluding hydrogens is 298 g/mol. The number of likely N-dealkylation sites (N-methyl/N-ethyl adjacent to an activating group) is 1. The van der Waals surface area contributed by atoms with Gasteiger partial charge in [0, 0.05) is 12.6 Å². The van der Waals surface area contributed by atoms with Crippen molar-refractivity contribution in [2.75, 3.05) is 14.2 Å². The summed E-state index contributed by atoms with van der Waals surface area (Å²) in [5, 5.41) is 9.02. The number of rotatable bonds is 6. The third-order valence-corrected chi connectivity index (χ3v) is 3.55. The maximum atomic E-state index is 12.3. The van der Waals surface area contributed by atoms with Crippen LogP contribution >= 0.6 is 0 Å². The van der Waals surface area contributed by atoms with Gasteiger partial charge in [-0.3, -0.25) is 4.79 Å². The molecule has 0 aliphatic heterocycles. The molecule has 23 heavy (non-hydrogen) atoms. The number of para-hydroxylation sites is 1. The molecule has 0 fully saturated rings. The fraction of sp³-hybridized carbons (Fsp3) is 0.294. The highest BCUT2D eigenvalue weighted by Crippen LogP contribution is 2.20. The molecule has 6 heteroatoms. The topological polar surface area (TPSA) is 80.0 Å². The number of methoxy groups -OCH3 is 1. The molecule has 0 aliphatic carbocycles. The van der Waals surface area contributed by atoms with Gasteiger partial charge in [0.25, 0.3) is 0 Å². The molecule has 0 saturated heterocycles. The molecule has 0 unspecified atom stereocenters. The predicted octanol–water partition coefficient (Wildman–Crippen LogP) is 2.50. The van der Waals surface area contributed by atoms with Crippen LogP contribution in [-0.2, 0) is 17.8 Å². The second kappa shape index (κ2) is 7.00. The Kier molecular flexibility index (Phi) is 5.05. The minimum absolute atomic E-state index is 0.111. The molecule has 0 radical (unpaired) electrons. The van der Waals surface area contributed by atoms with Crippen LogP contribution in [0.3, 0.4) is 0 Å². The quantitative estimate of drug-likeness (QED) is 0.885. The molecule has 1 N–H and O–H groups in total. The van der Waals surface area contributed by atoms with Crippen LogP contribution in [0.25, 0.3) is 0 Å². The zero-order valence-electron chi connectivity index (χ0n) is 13.3. The first kappa shape index (κ1) is 16.6. The second-order valence-corrected chi connectivity index (χ2v) is 5.23. The first-order chi connectivity index (χ1) is 10.9. The first-order valence-corrected chi connectivity index (χ1v) is 7.10. The van der Waals surface area contributed by atoms with E-state index in [9.17, 15) is 9.59 Å². The highest BCUT2D eigenvalue weighted by molar-refractivity contribution is 5.88. The Hall–Kier alpha value is -2.76. The SMILES string of the molecule is COc1ccccc1CC(=O)N(C)Cc1cc(C(=O)O)c(C)o1. The van der Waals surface area contributed by atoms with Crippen molar-refractivity contribution in [1.82, 2.24) is 4.90 Å². The summed E-state index contributed by atoms with van der Waals surface area (Å²) in [7, 11) is 3.21. The zero-order chi connectivity index (χ0) is 17.0. The lowest BCUT2D eigenvalue weighted by Crippen LogP contribution is -2.27. The molecular formula is C17H19NO5. The van der Waals surface area contributed by atoms with Gasteiger partial charge < -0.3 is 19.2 Å². The summed E-state index contributed by atoms with van der Waals surface area (Å²) in [6, 6.07) is 8.78.